The number of amides is 2. The first-order chi connectivity index (χ1) is 15.3. The van der Waals surface area contributed by atoms with Crippen LogP contribution in [0.5, 0.6) is 0 Å². The molecule has 0 saturated carbocycles. The van der Waals surface area contributed by atoms with Crippen molar-refractivity contribution in [2.45, 2.75) is 44.4 Å². The number of aryl methyl sites for hydroxylation is 1. The van der Waals surface area contributed by atoms with Gasteiger partial charge in [-0.15, -0.1) is 0 Å². The van der Waals surface area contributed by atoms with E-state index < -0.39 is 0 Å². The highest BCUT2D eigenvalue weighted by atomic mass is 16.2. The van der Waals surface area contributed by atoms with E-state index in [4.69, 9.17) is 4.98 Å². The third-order valence-corrected chi connectivity index (χ3v) is 7.07. The van der Waals surface area contributed by atoms with E-state index in [9.17, 15) is 9.59 Å². The minimum atomic E-state index is -0.219. The third kappa shape index (κ3) is 3.48. The van der Waals surface area contributed by atoms with Gasteiger partial charge in [0.15, 0.2) is 0 Å². The van der Waals surface area contributed by atoms with Gasteiger partial charge in [0.05, 0.1) is 11.0 Å². The summed E-state index contributed by atoms with van der Waals surface area (Å²) in [4.78, 5) is 34.7. The van der Waals surface area contributed by atoms with E-state index in [1.807, 2.05) is 41.3 Å². The van der Waals surface area contributed by atoms with Crippen LogP contribution in [0.1, 0.15) is 50.4 Å². The molecule has 1 aromatic heterocycles. The van der Waals surface area contributed by atoms with Crippen LogP contribution >= 0.6 is 0 Å². The van der Waals surface area contributed by atoms with Gasteiger partial charge in [-0.25, -0.2) is 4.98 Å². The fourth-order valence-electron chi connectivity index (χ4n) is 5.34. The van der Waals surface area contributed by atoms with Crippen molar-refractivity contribution in [3.05, 3.63) is 59.9 Å². The molecule has 2 aromatic carbocycles. The van der Waals surface area contributed by atoms with Crippen LogP contribution in [-0.4, -0.2) is 45.9 Å². The van der Waals surface area contributed by atoms with Crippen molar-refractivity contribution in [1.29, 1.82) is 0 Å². The smallest absolute Gasteiger partial charge is 0.242 e. The Bertz CT molecular complexity index is 1200. The Kier molecular flexibility index (Phi) is 5.03. The lowest BCUT2D eigenvalue weighted by Crippen LogP contribution is -2.49. The highest BCUT2D eigenvalue weighted by Crippen LogP contribution is 2.40. The molecule has 0 aliphatic carbocycles. The maximum absolute atomic E-state index is 13.3. The van der Waals surface area contributed by atoms with Crippen molar-refractivity contribution >= 4 is 28.5 Å². The van der Waals surface area contributed by atoms with Crippen LogP contribution in [0.4, 0.5) is 5.69 Å². The van der Waals surface area contributed by atoms with Crippen LogP contribution in [0.25, 0.3) is 11.0 Å². The van der Waals surface area contributed by atoms with E-state index >= 15 is 0 Å². The molecule has 3 heterocycles. The largest absolute Gasteiger partial charge is 0.340 e. The summed E-state index contributed by atoms with van der Waals surface area (Å²) < 4.78 is 2.15. The molecule has 0 N–H and O–H groups in total. The van der Waals surface area contributed by atoms with Gasteiger partial charge >= 0.3 is 0 Å². The Morgan fingerprint density at radius 1 is 1.12 bits per heavy atom. The normalized spacial score (nSPS) is 20.5. The second-order valence-electron chi connectivity index (χ2n) is 9.75. The van der Waals surface area contributed by atoms with Crippen molar-refractivity contribution in [3.8, 4) is 0 Å². The Morgan fingerprint density at radius 3 is 2.69 bits per heavy atom. The first-order valence-corrected chi connectivity index (χ1v) is 11.4. The molecule has 1 unspecified atom stereocenters. The predicted octanol–water partition coefficient (Wildman–Crippen LogP) is 3.99. The standard InChI is InChI=1S/C26H30N4O2/c1-26(2)15-23(31)30(21-12-6-4-10-19(21)26)17-24(32)29-14-8-9-18(16-29)25-27-20-11-5-7-13-22(20)28(25)3/h4-7,10-13,18H,8-9,14-17H2,1-3H3. The molecule has 166 valence electrons. The summed E-state index contributed by atoms with van der Waals surface area (Å²) in [7, 11) is 2.05. The molecule has 5 rings (SSSR count). The molecular formula is C26H30N4O2. The molecule has 0 bridgehead atoms. The Balaban J connectivity index is 1.36. The number of imidazole rings is 1. The maximum atomic E-state index is 13.3. The topological polar surface area (TPSA) is 58.4 Å². The number of para-hydroxylation sites is 3. The number of hydrogen-bond acceptors (Lipinski definition) is 3. The zero-order valence-corrected chi connectivity index (χ0v) is 19.0. The van der Waals surface area contributed by atoms with E-state index in [0.717, 1.165) is 47.5 Å². The van der Waals surface area contributed by atoms with Crippen molar-refractivity contribution in [2.75, 3.05) is 24.5 Å². The van der Waals surface area contributed by atoms with Crippen molar-refractivity contribution < 1.29 is 9.59 Å². The number of hydrogen-bond donors (Lipinski definition) is 0. The lowest BCUT2D eigenvalue weighted by molar-refractivity contribution is -0.132. The summed E-state index contributed by atoms with van der Waals surface area (Å²) in [6.07, 6.45) is 2.37. The Morgan fingerprint density at radius 2 is 1.88 bits per heavy atom. The molecule has 0 radical (unpaired) electrons. The van der Waals surface area contributed by atoms with Crippen LogP contribution < -0.4 is 4.90 Å². The van der Waals surface area contributed by atoms with Gasteiger partial charge < -0.3 is 14.4 Å². The fraction of sp³-hybridized carbons (Fsp3) is 0.423. The van der Waals surface area contributed by atoms with E-state index in [-0.39, 0.29) is 29.7 Å². The van der Waals surface area contributed by atoms with Gasteiger partial charge in [-0.1, -0.05) is 44.2 Å². The number of likely N-dealkylation sites (tertiary alicyclic amines) is 1. The second-order valence-corrected chi connectivity index (χ2v) is 9.75. The maximum Gasteiger partial charge on any atom is 0.242 e. The van der Waals surface area contributed by atoms with E-state index in [0.29, 0.717) is 13.0 Å². The number of carbonyl (C=O) groups excluding carboxylic acids is 2. The minimum Gasteiger partial charge on any atom is -0.340 e. The molecule has 32 heavy (non-hydrogen) atoms. The lowest BCUT2D eigenvalue weighted by atomic mass is 9.77. The van der Waals surface area contributed by atoms with Gasteiger partial charge in [0.2, 0.25) is 11.8 Å². The van der Waals surface area contributed by atoms with Crippen molar-refractivity contribution in [3.63, 3.8) is 0 Å². The second kappa shape index (κ2) is 7.76. The van der Waals surface area contributed by atoms with E-state index in [2.05, 4.69) is 37.6 Å². The number of carbonyl (C=O) groups is 2. The average Bonchev–Trinajstić information content (AvgIpc) is 3.13. The minimum absolute atomic E-state index is 0.0105. The van der Waals surface area contributed by atoms with Crippen LogP contribution in [0.15, 0.2) is 48.5 Å². The molecule has 0 spiro atoms. The molecule has 1 atom stereocenters. The van der Waals surface area contributed by atoms with Crippen LogP contribution in [-0.2, 0) is 22.1 Å². The van der Waals surface area contributed by atoms with Gasteiger partial charge in [0.25, 0.3) is 0 Å². The van der Waals surface area contributed by atoms with Gasteiger partial charge in [0, 0.05) is 43.6 Å². The van der Waals surface area contributed by atoms with Crippen LogP contribution in [0, 0.1) is 0 Å². The number of piperidine rings is 1. The first kappa shape index (κ1) is 20.7. The van der Waals surface area contributed by atoms with E-state index in [1.54, 1.807) is 4.90 Å². The summed E-state index contributed by atoms with van der Waals surface area (Å²) in [5.74, 6) is 1.26. The zero-order valence-electron chi connectivity index (χ0n) is 19.0. The van der Waals surface area contributed by atoms with Gasteiger partial charge in [0.1, 0.15) is 12.4 Å². The van der Waals surface area contributed by atoms with Crippen LogP contribution in [0.3, 0.4) is 0 Å². The number of benzene rings is 2. The molecular weight excluding hydrogens is 400 g/mol. The summed E-state index contributed by atoms with van der Waals surface area (Å²) in [6.45, 7) is 5.66. The van der Waals surface area contributed by atoms with Crippen LogP contribution in [0.2, 0.25) is 0 Å². The number of anilines is 1. The quantitative estimate of drug-likeness (QED) is 0.631. The number of fused-ring (bicyclic) bond motifs is 2. The Labute approximate surface area is 188 Å². The summed E-state index contributed by atoms with van der Waals surface area (Å²) in [6, 6.07) is 16.1. The summed E-state index contributed by atoms with van der Waals surface area (Å²) >= 11 is 0. The number of rotatable bonds is 3. The highest BCUT2D eigenvalue weighted by molar-refractivity contribution is 6.02. The summed E-state index contributed by atoms with van der Waals surface area (Å²) in [5, 5.41) is 0. The lowest BCUT2D eigenvalue weighted by Gasteiger charge is -2.39. The molecule has 6 heteroatoms. The van der Waals surface area contributed by atoms with Crippen molar-refractivity contribution in [1.82, 2.24) is 14.5 Å². The molecule has 2 aliphatic heterocycles. The fourth-order valence-corrected chi connectivity index (χ4v) is 5.34. The monoisotopic (exact) mass is 430 g/mol. The van der Waals surface area contributed by atoms with E-state index in [1.165, 1.54) is 0 Å². The molecule has 1 fully saturated rings. The predicted molar refractivity (Wildman–Crippen MR) is 126 cm³/mol. The molecule has 1 saturated heterocycles. The van der Waals surface area contributed by atoms with Gasteiger partial charge in [-0.3, -0.25) is 9.59 Å². The zero-order chi connectivity index (χ0) is 22.5. The Hall–Kier alpha value is -3.15. The van der Waals surface area contributed by atoms with Gasteiger partial charge in [-0.05, 0) is 36.6 Å². The first-order valence-electron chi connectivity index (χ1n) is 11.4. The molecule has 6 nitrogen and oxygen atoms in total. The molecule has 3 aromatic rings. The highest BCUT2D eigenvalue weighted by Gasteiger charge is 2.38. The van der Waals surface area contributed by atoms with Crippen molar-refractivity contribution in [2.24, 2.45) is 7.05 Å². The third-order valence-electron chi connectivity index (χ3n) is 7.07. The number of nitrogens with zero attached hydrogens (tertiary/aromatic N) is 4. The summed E-state index contributed by atoms with van der Waals surface area (Å²) in [5.41, 5.74) is 3.88. The molecule has 2 aliphatic rings. The SMILES string of the molecule is Cn1c(C2CCCN(C(=O)CN3C(=O)CC(C)(C)c4ccccc43)C2)nc2ccccc21. The average molecular weight is 431 g/mol. The van der Waals surface area contributed by atoms with Gasteiger partial charge in [-0.2, -0.15) is 0 Å². The number of aromatic nitrogens is 2. The molecule has 2 amide bonds.